The predicted octanol–water partition coefficient (Wildman–Crippen LogP) is 6.38. The van der Waals surface area contributed by atoms with Gasteiger partial charge in [-0.05, 0) is 11.1 Å². The summed E-state index contributed by atoms with van der Waals surface area (Å²) in [6, 6.07) is 24.5. The Hall–Kier alpha value is -5.08. The van der Waals surface area contributed by atoms with E-state index in [-0.39, 0.29) is 23.4 Å². The van der Waals surface area contributed by atoms with Crippen LogP contribution in [0.25, 0.3) is 34.3 Å². The van der Waals surface area contributed by atoms with Gasteiger partial charge in [-0.15, -0.1) is 0 Å². The molecule has 0 amide bonds. The molecule has 0 radical (unpaired) electrons. The van der Waals surface area contributed by atoms with Crippen molar-refractivity contribution in [1.29, 1.82) is 5.26 Å². The van der Waals surface area contributed by atoms with E-state index in [0.717, 1.165) is 0 Å². The number of aliphatic hydroxyl groups excluding tert-OH is 1. The maximum atomic E-state index is 14.0. The van der Waals surface area contributed by atoms with Crippen LogP contribution in [0.4, 0.5) is 13.2 Å². The SMILES string of the molecule is N#CC(CC(=O)C(O)c1ccc(-c2noc(-c3onc(-c4ccccc4)c3C(F)(F)F)n2)cc1)c1ccccc1. The zero-order valence-corrected chi connectivity index (χ0v) is 20.5. The Morgan fingerprint density at radius 2 is 1.52 bits per heavy atom. The minimum atomic E-state index is -4.81. The number of hydrogen-bond acceptors (Lipinski definition) is 8. The summed E-state index contributed by atoms with van der Waals surface area (Å²) in [6.45, 7) is 0. The van der Waals surface area contributed by atoms with Gasteiger partial charge in [-0.25, -0.2) is 0 Å². The van der Waals surface area contributed by atoms with Gasteiger partial charge < -0.3 is 14.2 Å². The molecule has 200 valence electrons. The number of halogens is 3. The average Bonchev–Trinajstić information content (AvgIpc) is 3.64. The van der Waals surface area contributed by atoms with Gasteiger partial charge in [-0.3, -0.25) is 4.79 Å². The van der Waals surface area contributed by atoms with Gasteiger partial charge in [0.15, 0.2) is 5.78 Å². The van der Waals surface area contributed by atoms with Gasteiger partial charge in [0.1, 0.15) is 17.4 Å². The van der Waals surface area contributed by atoms with Crippen molar-refractivity contribution in [3.63, 3.8) is 0 Å². The third kappa shape index (κ3) is 5.39. The number of ketones is 1. The second kappa shape index (κ2) is 11.0. The van der Waals surface area contributed by atoms with Crippen LogP contribution in [0.15, 0.2) is 94.0 Å². The van der Waals surface area contributed by atoms with Crippen molar-refractivity contribution in [2.75, 3.05) is 0 Å². The van der Waals surface area contributed by atoms with E-state index in [1.165, 1.54) is 36.4 Å². The first kappa shape index (κ1) is 26.5. The molecule has 2 heterocycles. The highest BCUT2D eigenvalue weighted by molar-refractivity contribution is 5.85. The number of nitriles is 1. The first-order chi connectivity index (χ1) is 19.3. The molecule has 2 aromatic heterocycles. The number of carbonyl (C=O) groups excluding carboxylic acids is 1. The Morgan fingerprint density at radius 3 is 2.15 bits per heavy atom. The van der Waals surface area contributed by atoms with E-state index in [2.05, 4.69) is 21.4 Å². The van der Waals surface area contributed by atoms with Crippen LogP contribution >= 0.6 is 0 Å². The number of alkyl halides is 3. The summed E-state index contributed by atoms with van der Waals surface area (Å²) in [5.41, 5.74) is -0.0460. The standard InChI is InChI=1S/C29H19F3N4O4/c30-29(31,32)23-24(18-9-5-2-6-10-18)35-39-26(23)28-34-27(36-40-28)20-13-11-19(12-14-20)25(38)22(37)15-21(16-33)17-7-3-1-4-8-17/h1-14,21,25,38H,15H2. The number of Topliss-reactive ketones (excluding diaryl/α,β-unsaturated/α-hetero) is 1. The molecule has 1 N–H and O–H groups in total. The van der Waals surface area contributed by atoms with E-state index in [1.54, 1.807) is 48.5 Å². The molecular formula is C29H19F3N4O4. The van der Waals surface area contributed by atoms with Gasteiger partial charge in [-0.1, -0.05) is 95.2 Å². The smallest absolute Gasteiger partial charge is 0.381 e. The highest BCUT2D eigenvalue weighted by atomic mass is 19.4. The predicted molar refractivity (Wildman–Crippen MR) is 135 cm³/mol. The fraction of sp³-hybridized carbons (Fsp3) is 0.138. The monoisotopic (exact) mass is 544 g/mol. The van der Waals surface area contributed by atoms with Gasteiger partial charge in [-0.2, -0.15) is 23.4 Å². The topological polar surface area (TPSA) is 126 Å². The molecule has 5 rings (SSSR count). The zero-order chi connectivity index (χ0) is 28.3. The quantitative estimate of drug-likeness (QED) is 0.239. The molecule has 8 nitrogen and oxygen atoms in total. The lowest BCUT2D eigenvalue weighted by Gasteiger charge is -2.13. The van der Waals surface area contributed by atoms with Crippen LogP contribution in [0.3, 0.4) is 0 Å². The summed E-state index contributed by atoms with van der Waals surface area (Å²) in [5.74, 6) is -2.51. The van der Waals surface area contributed by atoms with Crippen LogP contribution in [0, 0.1) is 11.3 Å². The second-order valence-corrected chi connectivity index (χ2v) is 8.81. The third-order valence-corrected chi connectivity index (χ3v) is 6.20. The second-order valence-electron chi connectivity index (χ2n) is 8.81. The van der Waals surface area contributed by atoms with Crippen LogP contribution < -0.4 is 0 Å². The van der Waals surface area contributed by atoms with Crippen molar-refractivity contribution < 1.29 is 32.1 Å². The molecular weight excluding hydrogens is 525 g/mol. The van der Waals surface area contributed by atoms with E-state index >= 15 is 0 Å². The summed E-state index contributed by atoms with van der Waals surface area (Å²) >= 11 is 0. The number of hydrogen-bond donors (Lipinski definition) is 1. The van der Waals surface area contributed by atoms with E-state index in [0.29, 0.717) is 11.1 Å². The van der Waals surface area contributed by atoms with Crippen LogP contribution in [0.1, 0.15) is 35.1 Å². The lowest BCUT2D eigenvalue weighted by atomic mass is 9.91. The number of rotatable bonds is 8. The van der Waals surface area contributed by atoms with Crippen molar-refractivity contribution in [3.05, 3.63) is 102 Å². The Balaban J connectivity index is 1.35. The molecule has 0 saturated carbocycles. The molecule has 40 heavy (non-hydrogen) atoms. The molecule has 0 aliphatic heterocycles. The molecule has 11 heteroatoms. The van der Waals surface area contributed by atoms with Gasteiger partial charge in [0.2, 0.25) is 11.6 Å². The van der Waals surface area contributed by atoms with E-state index < -0.39 is 46.9 Å². The van der Waals surface area contributed by atoms with Crippen LogP contribution in [-0.2, 0) is 11.0 Å². The molecule has 2 atom stereocenters. The van der Waals surface area contributed by atoms with Crippen molar-refractivity contribution in [3.8, 4) is 40.4 Å². The minimum Gasteiger partial charge on any atom is -0.381 e. The number of carbonyl (C=O) groups is 1. The summed E-state index contributed by atoms with van der Waals surface area (Å²) in [5, 5.41) is 27.4. The minimum absolute atomic E-state index is 0.0400. The molecule has 0 saturated heterocycles. The lowest BCUT2D eigenvalue weighted by Crippen LogP contribution is -2.15. The molecule has 5 aromatic rings. The average molecular weight is 544 g/mol. The largest absolute Gasteiger partial charge is 0.422 e. The molecule has 0 spiro atoms. The van der Waals surface area contributed by atoms with Gasteiger partial charge in [0.05, 0.1) is 12.0 Å². The molecule has 0 aliphatic rings. The number of nitrogens with zero attached hydrogens (tertiary/aromatic N) is 4. The molecule has 3 aromatic carbocycles. The molecule has 0 aliphatic carbocycles. The zero-order valence-electron chi connectivity index (χ0n) is 20.5. The Bertz CT molecular complexity index is 1660. The summed E-state index contributed by atoms with van der Waals surface area (Å²) in [4.78, 5) is 16.7. The number of aliphatic hydroxyl groups is 1. The van der Waals surface area contributed by atoms with E-state index in [1.807, 2.05) is 0 Å². The van der Waals surface area contributed by atoms with Crippen molar-refractivity contribution >= 4 is 5.78 Å². The van der Waals surface area contributed by atoms with Crippen molar-refractivity contribution in [2.24, 2.45) is 0 Å². The number of benzene rings is 3. The maximum Gasteiger partial charge on any atom is 0.422 e. The summed E-state index contributed by atoms with van der Waals surface area (Å²) in [6.07, 6.45) is -6.47. The lowest BCUT2D eigenvalue weighted by molar-refractivity contribution is -0.137. The van der Waals surface area contributed by atoms with E-state index in [4.69, 9.17) is 9.05 Å². The van der Waals surface area contributed by atoms with Gasteiger partial charge in [0.25, 0.3) is 5.89 Å². The Labute approximate surface area is 225 Å². The first-order valence-electron chi connectivity index (χ1n) is 12.0. The summed E-state index contributed by atoms with van der Waals surface area (Å²) in [7, 11) is 0. The highest BCUT2D eigenvalue weighted by Gasteiger charge is 2.43. The third-order valence-electron chi connectivity index (χ3n) is 6.20. The summed E-state index contributed by atoms with van der Waals surface area (Å²) < 4.78 is 52.0. The van der Waals surface area contributed by atoms with Crippen molar-refractivity contribution in [1.82, 2.24) is 15.3 Å². The van der Waals surface area contributed by atoms with Gasteiger partial charge >= 0.3 is 6.18 Å². The Morgan fingerprint density at radius 1 is 0.875 bits per heavy atom. The van der Waals surface area contributed by atoms with Crippen LogP contribution in [0.5, 0.6) is 0 Å². The van der Waals surface area contributed by atoms with Crippen LogP contribution in [-0.4, -0.2) is 26.2 Å². The van der Waals surface area contributed by atoms with Crippen molar-refractivity contribution in [2.45, 2.75) is 24.6 Å². The Kier molecular flexibility index (Phi) is 7.27. The van der Waals surface area contributed by atoms with Gasteiger partial charge in [0, 0.05) is 17.5 Å². The normalized spacial score (nSPS) is 13.0. The fourth-order valence-electron chi connectivity index (χ4n) is 4.16. The molecule has 2 unspecified atom stereocenters. The highest BCUT2D eigenvalue weighted by Crippen LogP contribution is 2.43. The number of aromatic nitrogens is 3. The maximum absolute atomic E-state index is 14.0. The van der Waals surface area contributed by atoms with E-state index in [9.17, 15) is 28.3 Å². The first-order valence-corrected chi connectivity index (χ1v) is 12.0. The molecule has 0 fully saturated rings. The fourth-order valence-corrected chi connectivity index (χ4v) is 4.16. The molecule has 0 bridgehead atoms. The van der Waals surface area contributed by atoms with Crippen LogP contribution in [0.2, 0.25) is 0 Å².